The molecule has 0 saturated heterocycles. The molecule has 238 valence electrons. The molecule has 46 heavy (non-hydrogen) atoms. The van der Waals surface area contributed by atoms with Gasteiger partial charge < -0.3 is 18.8 Å². The summed E-state index contributed by atoms with van der Waals surface area (Å²) < 4.78 is 21.3. The molecule has 0 bridgehead atoms. The second kappa shape index (κ2) is 12.7. The second-order valence-electron chi connectivity index (χ2n) is 11.2. The second-order valence-corrected chi connectivity index (χ2v) is 14.1. The van der Waals surface area contributed by atoms with Crippen LogP contribution in [0.2, 0.25) is 0 Å². The SMILES string of the molecule is CCOC(=O)C1=C(C)N=c2s/c(=C/c3cc(C)n(-c4sc5c(c4C#N)CCCC5)c3C)c(=O)n2C1c1cc(OC)c(OC)cc1Br. The molecule has 1 aromatic carbocycles. The number of nitriles is 1. The zero-order chi connectivity index (χ0) is 32.9. The van der Waals surface area contributed by atoms with Crippen molar-refractivity contribution in [3.63, 3.8) is 0 Å². The Kier molecular flexibility index (Phi) is 8.85. The first kappa shape index (κ1) is 32.0. The van der Waals surface area contributed by atoms with Crippen molar-refractivity contribution in [1.29, 1.82) is 5.26 Å². The summed E-state index contributed by atoms with van der Waals surface area (Å²) in [7, 11) is 3.09. The van der Waals surface area contributed by atoms with Gasteiger partial charge in [-0.25, -0.2) is 9.79 Å². The molecule has 0 radical (unpaired) electrons. The Bertz CT molecular complexity index is 2160. The van der Waals surface area contributed by atoms with E-state index in [1.54, 1.807) is 49.0 Å². The molecule has 0 N–H and O–H groups in total. The van der Waals surface area contributed by atoms with E-state index in [4.69, 9.17) is 19.2 Å². The van der Waals surface area contributed by atoms with Gasteiger partial charge in [0.25, 0.3) is 5.56 Å². The molecule has 0 saturated carbocycles. The van der Waals surface area contributed by atoms with Crippen molar-refractivity contribution in [1.82, 2.24) is 9.13 Å². The summed E-state index contributed by atoms with van der Waals surface area (Å²) >= 11 is 6.62. The molecule has 9 nitrogen and oxygen atoms in total. The van der Waals surface area contributed by atoms with E-state index in [0.29, 0.717) is 36.6 Å². The summed E-state index contributed by atoms with van der Waals surface area (Å²) in [6.07, 6.45) is 6.07. The van der Waals surface area contributed by atoms with Gasteiger partial charge in [-0.2, -0.15) is 5.26 Å². The number of aryl methyl sites for hydroxylation is 2. The van der Waals surface area contributed by atoms with Crippen LogP contribution in [0.1, 0.15) is 71.2 Å². The number of carbonyl (C=O) groups is 1. The number of hydrogen-bond donors (Lipinski definition) is 0. The van der Waals surface area contributed by atoms with Crippen molar-refractivity contribution in [3.05, 3.63) is 92.1 Å². The van der Waals surface area contributed by atoms with Crippen molar-refractivity contribution in [2.75, 3.05) is 20.8 Å². The molecular formula is C34H33BrN4O5S2. The van der Waals surface area contributed by atoms with Crippen molar-refractivity contribution < 1.29 is 19.0 Å². The van der Waals surface area contributed by atoms with E-state index in [0.717, 1.165) is 53.2 Å². The standard InChI is InChI=1S/C34H33BrN4O5S2/c1-7-44-33(41)29-18(3)37-34-39(30(29)22-14-25(42-5)26(43-6)15-24(22)35)31(40)28(46-34)13-20-12-17(2)38(19(20)4)32-23(16-36)21-10-8-9-11-27(21)45-32/h12-15,30H,7-11H2,1-6H3/b28-13+. The fraction of sp³-hybridized carbons (Fsp3) is 0.353. The van der Waals surface area contributed by atoms with E-state index >= 15 is 0 Å². The number of nitrogens with zero attached hydrogens (tertiary/aromatic N) is 4. The molecule has 4 aromatic rings. The number of fused-ring (bicyclic) bond motifs is 2. The molecule has 1 aliphatic carbocycles. The number of ether oxygens (including phenoxy) is 3. The maximum atomic E-state index is 14.3. The van der Waals surface area contributed by atoms with Crippen LogP contribution in [0.3, 0.4) is 0 Å². The highest BCUT2D eigenvalue weighted by Gasteiger charge is 2.35. The van der Waals surface area contributed by atoms with Gasteiger partial charge >= 0.3 is 5.97 Å². The van der Waals surface area contributed by atoms with Crippen LogP contribution in [0, 0.1) is 25.2 Å². The Morgan fingerprint density at radius 2 is 1.85 bits per heavy atom. The first-order valence-corrected chi connectivity index (χ1v) is 17.4. The normalized spacial score (nSPS) is 16.0. The molecule has 0 fully saturated rings. The Labute approximate surface area is 282 Å². The predicted octanol–water partition coefficient (Wildman–Crippen LogP) is 5.80. The summed E-state index contributed by atoms with van der Waals surface area (Å²) in [4.78, 5) is 34.2. The highest BCUT2D eigenvalue weighted by molar-refractivity contribution is 9.10. The van der Waals surface area contributed by atoms with Crippen LogP contribution >= 0.6 is 38.6 Å². The van der Waals surface area contributed by atoms with E-state index in [-0.39, 0.29) is 17.7 Å². The van der Waals surface area contributed by atoms with Gasteiger partial charge in [0.15, 0.2) is 16.3 Å². The van der Waals surface area contributed by atoms with Gasteiger partial charge in [-0.1, -0.05) is 27.3 Å². The van der Waals surface area contributed by atoms with E-state index in [2.05, 4.69) is 26.6 Å². The lowest BCUT2D eigenvalue weighted by molar-refractivity contribution is -0.139. The smallest absolute Gasteiger partial charge is 0.338 e. The van der Waals surface area contributed by atoms with E-state index in [9.17, 15) is 14.9 Å². The fourth-order valence-corrected chi connectivity index (χ4v) is 9.40. The lowest BCUT2D eigenvalue weighted by Gasteiger charge is -2.26. The number of esters is 1. The van der Waals surface area contributed by atoms with Gasteiger partial charge in [-0.05, 0) is 94.3 Å². The highest BCUT2D eigenvalue weighted by Crippen LogP contribution is 2.41. The minimum Gasteiger partial charge on any atom is -0.493 e. The summed E-state index contributed by atoms with van der Waals surface area (Å²) in [5.41, 5.74) is 5.85. The van der Waals surface area contributed by atoms with Crippen LogP contribution in [-0.2, 0) is 22.4 Å². The number of benzene rings is 1. The zero-order valence-electron chi connectivity index (χ0n) is 26.4. The van der Waals surface area contributed by atoms with Gasteiger partial charge in [0.05, 0.1) is 48.2 Å². The molecular weight excluding hydrogens is 688 g/mol. The Morgan fingerprint density at radius 1 is 1.13 bits per heavy atom. The van der Waals surface area contributed by atoms with Gasteiger partial charge in [0, 0.05) is 20.7 Å². The van der Waals surface area contributed by atoms with Crippen molar-refractivity contribution in [3.8, 4) is 22.6 Å². The van der Waals surface area contributed by atoms with Crippen LogP contribution in [0.5, 0.6) is 11.5 Å². The topological polar surface area (TPSA) is 108 Å². The van der Waals surface area contributed by atoms with Gasteiger partial charge in [0.1, 0.15) is 11.1 Å². The van der Waals surface area contributed by atoms with Gasteiger partial charge in [0.2, 0.25) is 0 Å². The third kappa shape index (κ3) is 5.24. The highest BCUT2D eigenvalue weighted by atomic mass is 79.9. The van der Waals surface area contributed by atoms with Crippen LogP contribution in [0.25, 0.3) is 11.1 Å². The van der Waals surface area contributed by atoms with E-state index in [1.165, 1.54) is 28.9 Å². The third-order valence-corrected chi connectivity index (χ3v) is 11.5. The van der Waals surface area contributed by atoms with Crippen molar-refractivity contribution in [2.24, 2.45) is 4.99 Å². The molecule has 1 aliphatic heterocycles. The number of thiophene rings is 1. The molecule has 6 rings (SSSR count). The average molecular weight is 722 g/mol. The maximum absolute atomic E-state index is 14.3. The van der Waals surface area contributed by atoms with E-state index in [1.807, 2.05) is 26.0 Å². The summed E-state index contributed by atoms with van der Waals surface area (Å²) in [5, 5.41) is 11.1. The molecule has 0 amide bonds. The minimum atomic E-state index is -0.824. The number of carbonyl (C=O) groups excluding carboxylic acids is 1. The Balaban J connectivity index is 1.54. The first-order chi connectivity index (χ1) is 22.1. The molecule has 2 aliphatic rings. The number of hydrogen-bond acceptors (Lipinski definition) is 9. The third-order valence-electron chi connectivity index (χ3n) is 8.54. The molecule has 3 aromatic heterocycles. The number of methoxy groups -OCH3 is 2. The molecule has 1 atom stereocenters. The molecule has 12 heteroatoms. The summed E-state index contributed by atoms with van der Waals surface area (Å²) in [6.45, 7) is 7.71. The zero-order valence-corrected chi connectivity index (χ0v) is 29.7. The number of thiazole rings is 1. The maximum Gasteiger partial charge on any atom is 0.338 e. The number of allylic oxidation sites excluding steroid dienone is 1. The largest absolute Gasteiger partial charge is 0.493 e. The predicted molar refractivity (Wildman–Crippen MR) is 182 cm³/mol. The van der Waals surface area contributed by atoms with Gasteiger partial charge in [-0.3, -0.25) is 9.36 Å². The lowest BCUT2D eigenvalue weighted by Crippen LogP contribution is -2.40. The van der Waals surface area contributed by atoms with Crippen LogP contribution in [0.15, 0.2) is 43.7 Å². The number of aromatic nitrogens is 2. The van der Waals surface area contributed by atoms with Crippen LogP contribution in [-0.4, -0.2) is 35.9 Å². The first-order valence-electron chi connectivity index (χ1n) is 15.0. The molecule has 1 unspecified atom stereocenters. The number of rotatable bonds is 7. The van der Waals surface area contributed by atoms with Crippen LogP contribution < -0.4 is 24.4 Å². The average Bonchev–Trinajstić information content (AvgIpc) is 3.65. The van der Waals surface area contributed by atoms with E-state index < -0.39 is 12.0 Å². The monoisotopic (exact) mass is 720 g/mol. The van der Waals surface area contributed by atoms with Gasteiger partial charge in [-0.15, -0.1) is 11.3 Å². The van der Waals surface area contributed by atoms with Crippen molar-refractivity contribution in [2.45, 2.75) is 59.4 Å². The fourth-order valence-electron chi connectivity index (χ4n) is 6.38. The lowest BCUT2D eigenvalue weighted by atomic mass is 9.95. The quantitative estimate of drug-likeness (QED) is 0.224. The molecule has 0 spiro atoms. The summed E-state index contributed by atoms with van der Waals surface area (Å²) in [5.74, 6) is 0.422. The summed E-state index contributed by atoms with van der Waals surface area (Å²) in [6, 6.07) is 7.23. The molecule has 4 heterocycles. The minimum absolute atomic E-state index is 0.177. The van der Waals surface area contributed by atoms with Crippen LogP contribution in [0.4, 0.5) is 0 Å². The Hall–Kier alpha value is -3.92. The number of halogens is 1. The van der Waals surface area contributed by atoms with Crippen molar-refractivity contribution >= 4 is 50.6 Å². The Morgan fingerprint density at radius 3 is 2.54 bits per heavy atom.